The molecule has 0 aliphatic rings. The van der Waals surface area contributed by atoms with Crippen LogP contribution in [0.5, 0.6) is 0 Å². The summed E-state index contributed by atoms with van der Waals surface area (Å²) in [6.45, 7) is 3.78. The van der Waals surface area contributed by atoms with Gasteiger partial charge in [-0.1, -0.05) is 34.5 Å². The highest BCUT2D eigenvalue weighted by molar-refractivity contribution is 9.10. The van der Waals surface area contributed by atoms with Crippen molar-refractivity contribution in [3.05, 3.63) is 45.9 Å². The minimum atomic E-state index is 0.701. The lowest BCUT2D eigenvalue weighted by Gasteiger charge is -2.04. The predicted octanol–water partition coefficient (Wildman–Crippen LogP) is 3.40. The molecular weight excluding hydrogens is 302 g/mol. The fraction of sp³-hybridized carbons (Fsp3) is 0.250. The second-order valence-electron chi connectivity index (χ2n) is 3.65. The largest absolute Gasteiger partial charge is 0.311 e. The van der Waals surface area contributed by atoms with Crippen molar-refractivity contribution in [3.63, 3.8) is 0 Å². The van der Waals surface area contributed by atoms with E-state index in [1.165, 1.54) is 0 Å². The molecule has 0 fully saturated rings. The Bertz CT molecular complexity index is 510. The summed E-state index contributed by atoms with van der Waals surface area (Å²) in [5.41, 5.74) is 1.94. The lowest BCUT2D eigenvalue weighted by Crippen LogP contribution is -2.11. The van der Waals surface area contributed by atoms with Gasteiger partial charge in [-0.3, -0.25) is 0 Å². The number of aromatic nitrogens is 2. The van der Waals surface area contributed by atoms with Crippen LogP contribution in [0.4, 0.5) is 0 Å². The molecule has 0 amide bonds. The zero-order valence-electron chi connectivity index (χ0n) is 9.45. The lowest BCUT2D eigenvalue weighted by atomic mass is 10.3. The molecule has 0 bridgehead atoms. The summed E-state index contributed by atoms with van der Waals surface area (Å²) < 4.78 is 2.90. The van der Waals surface area contributed by atoms with E-state index in [0.29, 0.717) is 5.02 Å². The highest BCUT2D eigenvalue weighted by Crippen LogP contribution is 2.24. The molecule has 0 aliphatic carbocycles. The number of hydrogen-bond donors (Lipinski definition) is 1. The summed E-state index contributed by atoms with van der Waals surface area (Å²) in [6.07, 6.45) is 3.76. The second kappa shape index (κ2) is 5.67. The monoisotopic (exact) mass is 313 g/mol. The molecule has 17 heavy (non-hydrogen) atoms. The van der Waals surface area contributed by atoms with Crippen molar-refractivity contribution in [2.75, 3.05) is 6.54 Å². The van der Waals surface area contributed by atoms with Crippen LogP contribution in [-0.4, -0.2) is 16.1 Å². The van der Waals surface area contributed by atoms with Crippen LogP contribution in [0.25, 0.3) is 5.69 Å². The van der Waals surface area contributed by atoms with E-state index in [1.807, 2.05) is 29.0 Å². The molecule has 1 aromatic heterocycles. The van der Waals surface area contributed by atoms with Gasteiger partial charge in [-0.05, 0) is 24.7 Å². The Morgan fingerprint density at radius 3 is 3.00 bits per heavy atom. The molecule has 0 aliphatic heterocycles. The molecule has 5 heteroatoms. The van der Waals surface area contributed by atoms with Crippen LogP contribution in [0.1, 0.15) is 12.6 Å². The van der Waals surface area contributed by atoms with Gasteiger partial charge in [-0.25, -0.2) is 4.98 Å². The van der Waals surface area contributed by atoms with Crippen LogP contribution >= 0.6 is 27.5 Å². The fourth-order valence-electron chi connectivity index (χ4n) is 1.53. The lowest BCUT2D eigenvalue weighted by molar-refractivity contribution is 0.713. The quantitative estimate of drug-likeness (QED) is 0.937. The van der Waals surface area contributed by atoms with E-state index in [1.54, 1.807) is 6.33 Å². The smallest absolute Gasteiger partial charge is 0.0996 e. The Kier molecular flexibility index (Phi) is 4.20. The summed E-state index contributed by atoms with van der Waals surface area (Å²) in [5.74, 6) is 0. The molecule has 3 nitrogen and oxygen atoms in total. The number of hydrogen-bond acceptors (Lipinski definition) is 2. The molecular formula is C12H13BrClN3. The predicted molar refractivity (Wildman–Crippen MR) is 73.7 cm³/mol. The van der Waals surface area contributed by atoms with E-state index in [4.69, 9.17) is 11.6 Å². The van der Waals surface area contributed by atoms with Crippen molar-refractivity contribution in [2.24, 2.45) is 0 Å². The summed E-state index contributed by atoms with van der Waals surface area (Å²) >= 11 is 9.57. The second-order valence-corrected chi connectivity index (χ2v) is 4.97. The highest BCUT2D eigenvalue weighted by atomic mass is 79.9. The van der Waals surface area contributed by atoms with Crippen LogP contribution in [0.3, 0.4) is 0 Å². The third kappa shape index (κ3) is 3.09. The SMILES string of the molecule is CCNCc1cn(-c2ccc(Br)cc2Cl)cn1. The third-order valence-corrected chi connectivity index (χ3v) is 3.18. The molecule has 1 aromatic carbocycles. The summed E-state index contributed by atoms with van der Waals surface area (Å²) in [5, 5.41) is 3.94. The molecule has 2 aromatic rings. The summed E-state index contributed by atoms with van der Waals surface area (Å²) in [4.78, 5) is 4.32. The van der Waals surface area contributed by atoms with Gasteiger partial charge in [0.25, 0.3) is 0 Å². The molecule has 2 rings (SSSR count). The van der Waals surface area contributed by atoms with Gasteiger partial charge in [0.2, 0.25) is 0 Å². The normalized spacial score (nSPS) is 10.8. The Morgan fingerprint density at radius 1 is 1.47 bits per heavy atom. The first-order chi connectivity index (χ1) is 8.20. The molecule has 0 atom stereocenters. The third-order valence-electron chi connectivity index (χ3n) is 2.38. The van der Waals surface area contributed by atoms with Crippen LogP contribution in [-0.2, 0) is 6.54 Å². The van der Waals surface area contributed by atoms with Gasteiger partial charge in [-0.15, -0.1) is 0 Å². The molecule has 0 saturated heterocycles. The van der Waals surface area contributed by atoms with Crippen LogP contribution in [0.2, 0.25) is 5.02 Å². The molecule has 0 radical (unpaired) electrons. The van der Waals surface area contributed by atoms with Crippen molar-refractivity contribution >= 4 is 27.5 Å². The summed E-state index contributed by atoms with van der Waals surface area (Å²) in [7, 11) is 0. The number of benzene rings is 1. The number of halogens is 2. The first-order valence-electron chi connectivity index (χ1n) is 5.39. The topological polar surface area (TPSA) is 29.9 Å². The van der Waals surface area contributed by atoms with Gasteiger partial charge >= 0.3 is 0 Å². The van der Waals surface area contributed by atoms with Crippen LogP contribution in [0, 0.1) is 0 Å². The van der Waals surface area contributed by atoms with E-state index < -0.39 is 0 Å². The maximum atomic E-state index is 6.18. The van der Waals surface area contributed by atoms with Gasteiger partial charge in [0, 0.05) is 17.2 Å². The fourth-order valence-corrected chi connectivity index (χ4v) is 2.30. The van der Waals surface area contributed by atoms with Gasteiger partial charge in [0.15, 0.2) is 0 Å². The Morgan fingerprint density at radius 2 is 2.29 bits per heavy atom. The molecule has 0 unspecified atom stereocenters. The van der Waals surface area contributed by atoms with Crippen molar-refractivity contribution < 1.29 is 0 Å². The number of nitrogens with one attached hydrogen (secondary N) is 1. The maximum absolute atomic E-state index is 6.18. The van der Waals surface area contributed by atoms with Crippen molar-refractivity contribution in [3.8, 4) is 5.69 Å². The molecule has 0 spiro atoms. The number of nitrogens with zero attached hydrogens (tertiary/aromatic N) is 2. The van der Waals surface area contributed by atoms with Crippen molar-refractivity contribution in [1.82, 2.24) is 14.9 Å². The highest BCUT2D eigenvalue weighted by Gasteiger charge is 2.05. The molecule has 90 valence electrons. The minimum Gasteiger partial charge on any atom is -0.311 e. The standard InChI is InChI=1S/C12H13BrClN3/c1-2-15-6-10-7-17(8-16-10)12-4-3-9(13)5-11(12)14/h3-5,7-8,15H,2,6H2,1H3. The first-order valence-corrected chi connectivity index (χ1v) is 6.57. The van der Waals surface area contributed by atoms with E-state index >= 15 is 0 Å². The van der Waals surface area contributed by atoms with Crippen molar-refractivity contribution in [1.29, 1.82) is 0 Å². The van der Waals surface area contributed by atoms with Gasteiger partial charge in [0.1, 0.15) is 0 Å². The van der Waals surface area contributed by atoms with Crippen molar-refractivity contribution in [2.45, 2.75) is 13.5 Å². The Hall–Kier alpha value is -0.840. The molecule has 1 heterocycles. The van der Waals surface area contributed by atoms with Gasteiger partial charge in [0.05, 0.1) is 22.7 Å². The van der Waals surface area contributed by atoms with E-state index in [2.05, 4.69) is 33.2 Å². The number of imidazole rings is 1. The van der Waals surface area contributed by atoms with E-state index in [9.17, 15) is 0 Å². The van der Waals surface area contributed by atoms with E-state index in [0.717, 1.165) is 28.9 Å². The Balaban J connectivity index is 2.24. The number of rotatable bonds is 4. The zero-order chi connectivity index (χ0) is 12.3. The Labute approximate surface area is 114 Å². The molecule has 1 N–H and O–H groups in total. The summed E-state index contributed by atoms with van der Waals surface area (Å²) in [6, 6.07) is 5.80. The zero-order valence-corrected chi connectivity index (χ0v) is 11.8. The average molecular weight is 315 g/mol. The molecule has 0 saturated carbocycles. The van der Waals surface area contributed by atoms with E-state index in [-0.39, 0.29) is 0 Å². The average Bonchev–Trinajstić information content (AvgIpc) is 2.75. The first kappa shape index (κ1) is 12.6. The van der Waals surface area contributed by atoms with Gasteiger partial charge < -0.3 is 9.88 Å². The van der Waals surface area contributed by atoms with Gasteiger partial charge in [-0.2, -0.15) is 0 Å². The maximum Gasteiger partial charge on any atom is 0.0996 e. The minimum absolute atomic E-state index is 0.701. The van der Waals surface area contributed by atoms with Crippen LogP contribution in [0.15, 0.2) is 35.2 Å². The van der Waals surface area contributed by atoms with Crippen LogP contribution < -0.4 is 5.32 Å².